The molecule has 0 saturated heterocycles. The Labute approximate surface area is 122 Å². The van der Waals surface area contributed by atoms with Gasteiger partial charge < -0.3 is 4.74 Å². The zero-order valence-corrected chi connectivity index (χ0v) is 12.3. The van der Waals surface area contributed by atoms with Gasteiger partial charge in [-0.15, -0.1) is 0 Å². The average Bonchev–Trinajstić information content (AvgIpc) is 2.48. The Bertz CT molecular complexity index is 564. The zero-order chi connectivity index (χ0) is 13.1. The molecule has 1 nitrogen and oxygen atoms in total. The SMILES string of the molecule is ClSc1ccc2cc(OC3CCCCC3)ccc2c1. The Hall–Kier alpha value is -0.860. The summed E-state index contributed by atoms with van der Waals surface area (Å²) in [5, 5.41) is 2.42. The molecule has 3 rings (SSSR count). The second-order valence-corrected chi connectivity index (χ2v) is 6.21. The first-order valence-corrected chi connectivity index (χ1v) is 8.48. The van der Waals surface area contributed by atoms with Crippen molar-refractivity contribution in [2.24, 2.45) is 0 Å². The molecule has 19 heavy (non-hydrogen) atoms. The third-order valence-electron chi connectivity index (χ3n) is 3.73. The summed E-state index contributed by atoms with van der Waals surface area (Å²) in [7, 11) is 7.04. The molecule has 3 heteroatoms. The Morgan fingerprint density at radius 1 is 0.947 bits per heavy atom. The molecule has 1 saturated carbocycles. The molecule has 100 valence electrons. The topological polar surface area (TPSA) is 9.23 Å². The third kappa shape index (κ3) is 3.18. The largest absolute Gasteiger partial charge is 0.490 e. The van der Waals surface area contributed by atoms with Crippen molar-refractivity contribution in [3.63, 3.8) is 0 Å². The summed E-state index contributed by atoms with van der Waals surface area (Å²) >= 11 is 0. The van der Waals surface area contributed by atoms with Crippen LogP contribution in [0.25, 0.3) is 10.8 Å². The number of benzene rings is 2. The average molecular weight is 293 g/mol. The highest BCUT2D eigenvalue weighted by atomic mass is 35.7. The molecule has 0 unspecified atom stereocenters. The Kier molecular flexibility index (Phi) is 4.19. The fourth-order valence-electron chi connectivity index (χ4n) is 2.70. The summed E-state index contributed by atoms with van der Waals surface area (Å²) in [5.74, 6) is 0.991. The van der Waals surface area contributed by atoms with Gasteiger partial charge in [-0.1, -0.05) is 18.6 Å². The minimum Gasteiger partial charge on any atom is -0.490 e. The van der Waals surface area contributed by atoms with Crippen LogP contribution in [0.2, 0.25) is 0 Å². The lowest BCUT2D eigenvalue weighted by Crippen LogP contribution is -2.19. The van der Waals surface area contributed by atoms with E-state index in [0.717, 1.165) is 10.6 Å². The van der Waals surface area contributed by atoms with Gasteiger partial charge >= 0.3 is 0 Å². The fraction of sp³-hybridized carbons (Fsp3) is 0.375. The number of rotatable bonds is 3. The van der Waals surface area contributed by atoms with Crippen molar-refractivity contribution in [2.75, 3.05) is 0 Å². The van der Waals surface area contributed by atoms with Gasteiger partial charge in [-0.2, -0.15) is 0 Å². The van der Waals surface area contributed by atoms with E-state index >= 15 is 0 Å². The molecular formula is C16H17ClOS. The van der Waals surface area contributed by atoms with Gasteiger partial charge in [0.15, 0.2) is 0 Å². The standard InChI is InChI=1S/C16H17ClOS/c17-19-16-9-7-12-10-15(8-6-13(12)11-16)18-14-4-2-1-3-5-14/h6-11,14H,1-5H2. The highest BCUT2D eigenvalue weighted by Crippen LogP contribution is 2.29. The monoisotopic (exact) mass is 292 g/mol. The number of halogens is 1. The van der Waals surface area contributed by atoms with Crippen molar-refractivity contribution >= 4 is 32.4 Å². The molecule has 0 N–H and O–H groups in total. The van der Waals surface area contributed by atoms with Crippen molar-refractivity contribution in [3.8, 4) is 5.75 Å². The van der Waals surface area contributed by atoms with Gasteiger partial charge in [-0.3, -0.25) is 0 Å². The van der Waals surface area contributed by atoms with Crippen molar-refractivity contribution in [1.29, 1.82) is 0 Å². The number of fused-ring (bicyclic) bond motifs is 1. The number of hydrogen-bond donors (Lipinski definition) is 0. The normalized spacial score (nSPS) is 16.7. The Morgan fingerprint density at radius 3 is 2.47 bits per heavy atom. The van der Waals surface area contributed by atoms with E-state index in [1.54, 1.807) is 0 Å². The van der Waals surface area contributed by atoms with E-state index in [1.807, 2.05) is 6.07 Å². The molecule has 1 fully saturated rings. The highest BCUT2D eigenvalue weighted by Gasteiger charge is 2.14. The van der Waals surface area contributed by atoms with Crippen molar-refractivity contribution in [2.45, 2.75) is 43.1 Å². The van der Waals surface area contributed by atoms with Gasteiger partial charge in [-0.05, 0) is 82.4 Å². The van der Waals surface area contributed by atoms with Gasteiger partial charge in [0.2, 0.25) is 0 Å². The summed E-state index contributed by atoms with van der Waals surface area (Å²) < 4.78 is 6.09. The van der Waals surface area contributed by atoms with E-state index in [-0.39, 0.29) is 0 Å². The maximum Gasteiger partial charge on any atom is 0.120 e. The highest BCUT2D eigenvalue weighted by molar-refractivity contribution is 8.21. The molecule has 1 aliphatic rings. The molecule has 0 bridgehead atoms. The first-order valence-electron chi connectivity index (χ1n) is 6.84. The maximum atomic E-state index is 6.09. The quantitative estimate of drug-likeness (QED) is 0.707. The molecule has 0 aliphatic heterocycles. The minimum atomic E-state index is 0.406. The third-order valence-corrected chi connectivity index (χ3v) is 4.69. The van der Waals surface area contributed by atoms with Crippen molar-refractivity contribution < 1.29 is 4.74 Å². The van der Waals surface area contributed by atoms with Crippen molar-refractivity contribution in [1.82, 2.24) is 0 Å². The predicted octanol–water partition coefficient (Wildman–Crippen LogP) is 5.80. The van der Waals surface area contributed by atoms with E-state index in [9.17, 15) is 0 Å². The number of ether oxygens (including phenoxy) is 1. The van der Waals surface area contributed by atoms with Crippen LogP contribution in [0.15, 0.2) is 41.3 Å². The molecule has 0 spiro atoms. The van der Waals surface area contributed by atoms with Crippen LogP contribution in [0, 0.1) is 0 Å². The molecule has 0 radical (unpaired) electrons. The van der Waals surface area contributed by atoms with Crippen LogP contribution in [-0.2, 0) is 0 Å². The van der Waals surface area contributed by atoms with Gasteiger partial charge in [0.05, 0.1) is 6.10 Å². The minimum absolute atomic E-state index is 0.406. The molecule has 0 heterocycles. The van der Waals surface area contributed by atoms with Crippen LogP contribution >= 0.6 is 21.7 Å². The van der Waals surface area contributed by atoms with Crippen LogP contribution < -0.4 is 4.74 Å². The van der Waals surface area contributed by atoms with Crippen LogP contribution in [0.4, 0.5) is 0 Å². The van der Waals surface area contributed by atoms with Gasteiger partial charge in [0.25, 0.3) is 0 Å². The van der Waals surface area contributed by atoms with Crippen molar-refractivity contribution in [3.05, 3.63) is 36.4 Å². The molecule has 2 aromatic carbocycles. The van der Waals surface area contributed by atoms with Gasteiger partial charge in [-0.25, -0.2) is 0 Å². The summed E-state index contributed by atoms with van der Waals surface area (Å²) in [6, 6.07) is 12.6. The lowest BCUT2D eigenvalue weighted by molar-refractivity contribution is 0.155. The molecule has 0 aromatic heterocycles. The maximum absolute atomic E-state index is 6.09. The first-order chi connectivity index (χ1) is 9.35. The van der Waals surface area contributed by atoms with Gasteiger partial charge in [0, 0.05) is 4.90 Å². The Balaban J connectivity index is 1.80. The molecule has 1 aliphatic carbocycles. The molecule has 2 aromatic rings. The lowest BCUT2D eigenvalue weighted by atomic mass is 9.98. The van der Waals surface area contributed by atoms with Gasteiger partial charge in [0.1, 0.15) is 5.75 Å². The van der Waals surface area contributed by atoms with Crippen LogP contribution in [0.5, 0.6) is 5.75 Å². The number of hydrogen-bond acceptors (Lipinski definition) is 2. The Morgan fingerprint density at radius 2 is 1.68 bits per heavy atom. The molecule has 0 atom stereocenters. The molecule has 0 amide bonds. The van der Waals surface area contributed by atoms with E-state index in [4.69, 9.17) is 15.4 Å². The second-order valence-electron chi connectivity index (χ2n) is 5.13. The van der Waals surface area contributed by atoms with Crippen LogP contribution in [-0.4, -0.2) is 6.10 Å². The van der Waals surface area contributed by atoms with Crippen LogP contribution in [0.3, 0.4) is 0 Å². The van der Waals surface area contributed by atoms with E-state index in [1.165, 1.54) is 53.9 Å². The zero-order valence-electron chi connectivity index (χ0n) is 10.8. The first kappa shape index (κ1) is 13.1. The predicted molar refractivity (Wildman–Crippen MR) is 83.2 cm³/mol. The van der Waals surface area contributed by atoms with E-state index in [2.05, 4.69) is 30.3 Å². The summed E-state index contributed by atoms with van der Waals surface area (Å²) in [4.78, 5) is 1.08. The fourth-order valence-corrected chi connectivity index (χ4v) is 3.28. The van der Waals surface area contributed by atoms with E-state index < -0.39 is 0 Å². The smallest absolute Gasteiger partial charge is 0.120 e. The summed E-state index contributed by atoms with van der Waals surface area (Å²) in [6.07, 6.45) is 6.75. The van der Waals surface area contributed by atoms with Crippen LogP contribution in [0.1, 0.15) is 32.1 Å². The molecular weight excluding hydrogens is 276 g/mol. The second kappa shape index (κ2) is 6.06. The van der Waals surface area contributed by atoms with E-state index in [0.29, 0.717) is 6.10 Å². The lowest BCUT2D eigenvalue weighted by Gasteiger charge is -2.23. The summed E-state index contributed by atoms with van der Waals surface area (Å²) in [5.41, 5.74) is 0. The summed E-state index contributed by atoms with van der Waals surface area (Å²) in [6.45, 7) is 0.